The van der Waals surface area contributed by atoms with Crippen LogP contribution >= 0.6 is 0 Å². The van der Waals surface area contributed by atoms with Crippen LogP contribution in [0.2, 0.25) is 0 Å². The lowest BCUT2D eigenvalue weighted by Gasteiger charge is -2.20. The minimum Gasteiger partial charge on any atom is -0.466 e. The van der Waals surface area contributed by atoms with E-state index in [4.69, 9.17) is 4.74 Å². The third-order valence-corrected chi connectivity index (χ3v) is 16.1. The third kappa shape index (κ3) is 63.0. The molecule has 0 rings (SSSR count). The van der Waals surface area contributed by atoms with E-state index in [1.807, 2.05) is 6.08 Å². The van der Waals surface area contributed by atoms with Gasteiger partial charge in [0.15, 0.2) is 0 Å². The Morgan fingerprint density at radius 2 is 0.641 bits per heavy atom. The number of nitrogens with one attached hydrogen (secondary N) is 1. The Bertz CT molecular complexity index is 1310. The minimum atomic E-state index is -0.853. The zero-order valence-corrected chi connectivity index (χ0v) is 52.4. The molecule has 0 saturated heterocycles. The van der Waals surface area contributed by atoms with Crippen molar-refractivity contribution < 1.29 is 24.5 Å². The van der Waals surface area contributed by atoms with Crippen molar-refractivity contribution >= 4 is 11.9 Å². The summed E-state index contributed by atoms with van der Waals surface area (Å²) in [6.07, 6.45) is 87.5. The summed E-state index contributed by atoms with van der Waals surface area (Å²) in [5.74, 6) is -0.0767. The van der Waals surface area contributed by atoms with Crippen molar-refractivity contribution in [2.24, 2.45) is 0 Å². The summed E-state index contributed by atoms with van der Waals surface area (Å²) in [5, 5.41) is 23.2. The zero-order valence-electron chi connectivity index (χ0n) is 52.4. The van der Waals surface area contributed by atoms with Crippen LogP contribution in [0.4, 0.5) is 0 Å². The van der Waals surface area contributed by atoms with Gasteiger partial charge in [0, 0.05) is 12.8 Å². The number of ether oxygens (including phenoxy) is 1. The molecule has 3 N–H and O–H groups in total. The summed E-state index contributed by atoms with van der Waals surface area (Å²) in [6, 6.07) is -0.638. The van der Waals surface area contributed by atoms with Crippen LogP contribution in [0.15, 0.2) is 48.6 Å². The molecule has 0 heterocycles. The highest BCUT2D eigenvalue weighted by molar-refractivity contribution is 5.76. The first-order chi connectivity index (χ1) is 38.5. The molecule has 0 aliphatic heterocycles. The molecule has 2 atom stereocenters. The molecule has 0 aromatic heterocycles. The molecular weight excluding hydrogens is 959 g/mol. The fourth-order valence-corrected chi connectivity index (χ4v) is 10.7. The van der Waals surface area contributed by atoms with E-state index in [2.05, 4.69) is 55.6 Å². The third-order valence-electron chi connectivity index (χ3n) is 16.1. The average Bonchev–Trinajstić information content (AvgIpc) is 3.44. The standard InChI is InChI=1S/C72H135NO5/c1-3-5-7-9-11-13-15-17-19-20-21-22-24-27-30-33-37-40-44-48-52-56-60-64-70(75)69(68-74)73-71(76)65-61-57-53-49-45-41-38-34-31-28-25-23-26-29-32-35-39-43-47-51-55-59-63-67-78-72(77)66-62-58-54-50-46-42-36-18-16-14-12-10-8-6-4-2/h18,23,26,28,31,36,60,64,69-70,74-75H,3-17,19-22,24-25,27,29-30,32-35,37-59,61-63,65-68H2,1-2H3,(H,73,76)/b26-23-,31-28-,36-18-,64-60+. The van der Waals surface area contributed by atoms with E-state index in [9.17, 15) is 19.8 Å². The largest absolute Gasteiger partial charge is 0.466 e. The van der Waals surface area contributed by atoms with Crippen LogP contribution in [-0.2, 0) is 14.3 Å². The molecule has 0 spiro atoms. The van der Waals surface area contributed by atoms with E-state index in [0.29, 0.717) is 19.4 Å². The van der Waals surface area contributed by atoms with E-state index in [0.717, 1.165) is 64.2 Å². The van der Waals surface area contributed by atoms with Gasteiger partial charge in [0.05, 0.1) is 25.4 Å². The van der Waals surface area contributed by atoms with E-state index in [-0.39, 0.29) is 18.5 Å². The summed E-state index contributed by atoms with van der Waals surface area (Å²) in [5.41, 5.74) is 0. The molecule has 0 bridgehead atoms. The Morgan fingerprint density at radius 3 is 0.987 bits per heavy atom. The molecule has 0 radical (unpaired) electrons. The number of carbonyl (C=O) groups is 2. The molecule has 6 nitrogen and oxygen atoms in total. The van der Waals surface area contributed by atoms with Crippen molar-refractivity contribution in [3.63, 3.8) is 0 Å². The molecule has 0 aromatic carbocycles. The number of amides is 1. The van der Waals surface area contributed by atoms with E-state index >= 15 is 0 Å². The van der Waals surface area contributed by atoms with Crippen LogP contribution in [0.3, 0.4) is 0 Å². The Hall–Kier alpha value is -2.18. The van der Waals surface area contributed by atoms with Gasteiger partial charge in [-0.25, -0.2) is 0 Å². The highest BCUT2D eigenvalue weighted by atomic mass is 16.5. The van der Waals surface area contributed by atoms with Gasteiger partial charge in [-0.2, -0.15) is 0 Å². The smallest absolute Gasteiger partial charge is 0.305 e. The van der Waals surface area contributed by atoms with Crippen LogP contribution in [0.5, 0.6) is 0 Å². The van der Waals surface area contributed by atoms with Crippen molar-refractivity contribution in [2.75, 3.05) is 13.2 Å². The van der Waals surface area contributed by atoms with Crippen LogP contribution in [0, 0.1) is 0 Å². The second-order valence-electron chi connectivity index (χ2n) is 23.9. The van der Waals surface area contributed by atoms with Gasteiger partial charge in [-0.15, -0.1) is 0 Å². The van der Waals surface area contributed by atoms with Gasteiger partial charge in [-0.1, -0.05) is 319 Å². The maximum Gasteiger partial charge on any atom is 0.305 e. The van der Waals surface area contributed by atoms with Gasteiger partial charge < -0.3 is 20.3 Å². The number of unbranched alkanes of at least 4 members (excludes halogenated alkanes) is 48. The van der Waals surface area contributed by atoms with Gasteiger partial charge in [0.1, 0.15) is 0 Å². The number of carbonyl (C=O) groups excluding carboxylic acids is 2. The number of allylic oxidation sites excluding steroid dienone is 7. The Kier molecular flexibility index (Phi) is 65.4. The maximum atomic E-state index is 12.5. The first kappa shape index (κ1) is 75.8. The molecular formula is C72H135NO5. The number of esters is 1. The molecule has 78 heavy (non-hydrogen) atoms. The molecule has 0 aliphatic carbocycles. The monoisotopic (exact) mass is 1090 g/mol. The van der Waals surface area contributed by atoms with Crippen LogP contribution in [0.1, 0.15) is 373 Å². The van der Waals surface area contributed by atoms with Crippen molar-refractivity contribution in [1.29, 1.82) is 0 Å². The summed E-state index contributed by atoms with van der Waals surface area (Å²) >= 11 is 0. The molecule has 6 heteroatoms. The predicted octanol–water partition coefficient (Wildman–Crippen LogP) is 22.5. The topological polar surface area (TPSA) is 95.9 Å². The van der Waals surface area contributed by atoms with E-state index in [1.165, 1.54) is 283 Å². The number of aliphatic hydroxyl groups is 2. The van der Waals surface area contributed by atoms with Crippen molar-refractivity contribution in [1.82, 2.24) is 5.32 Å². The fourth-order valence-electron chi connectivity index (χ4n) is 10.7. The second-order valence-corrected chi connectivity index (χ2v) is 23.9. The van der Waals surface area contributed by atoms with Crippen LogP contribution in [0.25, 0.3) is 0 Å². The van der Waals surface area contributed by atoms with Crippen molar-refractivity contribution in [3.8, 4) is 0 Å². The molecule has 2 unspecified atom stereocenters. The van der Waals surface area contributed by atoms with Crippen molar-refractivity contribution in [3.05, 3.63) is 48.6 Å². The van der Waals surface area contributed by atoms with Gasteiger partial charge in [0.2, 0.25) is 5.91 Å². The lowest BCUT2D eigenvalue weighted by molar-refractivity contribution is -0.143. The quantitative estimate of drug-likeness (QED) is 0.0320. The first-order valence-electron chi connectivity index (χ1n) is 34.9. The summed E-state index contributed by atoms with van der Waals surface area (Å²) < 4.78 is 5.48. The molecule has 0 aliphatic rings. The van der Waals surface area contributed by atoms with Gasteiger partial charge in [-0.05, 0) is 89.9 Å². The van der Waals surface area contributed by atoms with Crippen LogP contribution in [-0.4, -0.2) is 47.4 Å². The number of aliphatic hydroxyl groups excluding tert-OH is 2. The Balaban J connectivity index is 3.48. The Morgan fingerprint density at radius 1 is 0.359 bits per heavy atom. The molecule has 458 valence electrons. The average molecular weight is 1090 g/mol. The van der Waals surface area contributed by atoms with Gasteiger partial charge in [-0.3, -0.25) is 9.59 Å². The fraction of sp³-hybridized carbons (Fsp3) is 0.861. The molecule has 0 fully saturated rings. The first-order valence-corrected chi connectivity index (χ1v) is 34.9. The lowest BCUT2D eigenvalue weighted by Crippen LogP contribution is -2.45. The van der Waals surface area contributed by atoms with Gasteiger partial charge >= 0.3 is 5.97 Å². The number of rotatable bonds is 65. The lowest BCUT2D eigenvalue weighted by atomic mass is 10.0. The zero-order chi connectivity index (χ0) is 56.4. The van der Waals surface area contributed by atoms with E-state index in [1.54, 1.807) is 6.08 Å². The summed E-state index contributed by atoms with van der Waals surface area (Å²) in [4.78, 5) is 24.6. The van der Waals surface area contributed by atoms with E-state index < -0.39 is 12.1 Å². The second kappa shape index (κ2) is 67.3. The predicted molar refractivity (Wildman–Crippen MR) is 342 cm³/mol. The highest BCUT2D eigenvalue weighted by Crippen LogP contribution is 2.18. The molecule has 0 aromatic rings. The summed E-state index contributed by atoms with van der Waals surface area (Å²) in [6.45, 7) is 4.91. The number of hydrogen-bond acceptors (Lipinski definition) is 5. The van der Waals surface area contributed by atoms with Crippen LogP contribution < -0.4 is 5.32 Å². The molecule has 0 saturated carbocycles. The minimum absolute atomic E-state index is 0.00119. The SMILES string of the molecule is CCCCCCCC/C=C\CCCCCCCC(=O)OCCCCCCCCCCC/C=C\C/C=C\CCCCCCCCCC(=O)NC(CO)C(O)/C=C/CCCCCCCCCCCCCCCCCCCCCCC. The maximum absolute atomic E-state index is 12.5. The van der Waals surface area contributed by atoms with Crippen molar-refractivity contribution in [2.45, 2.75) is 386 Å². The highest BCUT2D eigenvalue weighted by Gasteiger charge is 2.18. The summed E-state index contributed by atoms with van der Waals surface area (Å²) in [7, 11) is 0. The Labute approximate surface area is 486 Å². The van der Waals surface area contributed by atoms with Gasteiger partial charge in [0.25, 0.3) is 0 Å². The number of hydrogen-bond donors (Lipinski definition) is 3. The normalized spacial score (nSPS) is 12.8. The molecule has 1 amide bonds.